The van der Waals surface area contributed by atoms with Crippen molar-refractivity contribution < 1.29 is 4.79 Å². The van der Waals surface area contributed by atoms with Gasteiger partial charge >= 0.3 is 0 Å². The molecule has 4 heteroatoms. The van der Waals surface area contributed by atoms with Crippen LogP contribution in [0.3, 0.4) is 0 Å². The summed E-state index contributed by atoms with van der Waals surface area (Å²) >= 11 is 0. The molecular formula is C16H31N3O. The van der Waals surface area contributed by atoms with E-state index in [1.165, 1.54) is 19.3 Å². The highest BCUT2D eigenvalue weighted by Crippen LogP contribution is 2.41. The van der Waals surface area contributed by atoms with E-state index in [9.17, 15) is 4.79 Å². The molecule has 3 atom stereocenters. The van der Waals surface area contributed by atoms with Gasteiger partial charge in [0.1, 0.15) is 0 Å². The molecular weight excluding hydrogens is 250 g/mol. The fraction of sp³-hybridized carbons (Fsp3) is 0.938. The predicted molar refractivity (Wildman–Crippen MR) is 82.3 cm³/mol. The molecule has 0 bridgehead atoms. The second kappa shape index (κ2) is 6.44. The van der Waals surface area contributed by atoms with E-state index in [1.54, 1.807) is 0 Å². The maximum Gasteiger partial charge on any atom is 0.234 e. The number of amides is 1. The minimum Gasteiger partial charge on any atom is -0.355 e. The molecule has 1 heterocycles. The van der Waals surface area contributed by atoms with Crippen molar-refractivity contribution in [1.82, 2.24) is 10.2 Å². The Bertz CT molecular complexity index is 337. The van der Waals surface area contributed by atoms with E-state index in [0.717, 1.165) is 32.0 Å². The van der Waals surface area contributed by atoms with E-state index < -0.39 is 0 Å². The first-order chi connectivity index (χ1) is 9.41. The Hall–Kier alpha value is -0.610. The number of nitrogens with zero attached hydrogens (tertiary/aromatic N) is 1. The van der Waals surface area contributed by atoms with Crippen LogP contribution < -0.4 is 11.1 Å². The van der Waals surface area contributed by atoms with Crippen LogP contribution >= 0.6 is 0 Å². The van der Waals surface area contributed by atoms with Crippen molar-refractivity contribution in [3.8, 4) is 0 Å². The van der Waals surface area contributed by atoms with Gasteiger partial charge in [-0.3, -0.25) is 9.69 Å². The van der Waals surface area contributed by atoms with Crippen LogP contribution in [0.5, 0.6) is 0 Å². The van der Waals surface area contributed by atoms with E-state index in [2.05, 4.69) is 31.0 Å². The molecule has 0 aromatic carbocycles. The second-order valence-electron chi connectivity index (χ2n) is 7.61. The summed E-state index contributed by atoms with van der Waals surface area (Å²) in [5.74, 6) is 1.47. The van der Waals surface area contributed by atoms with E-state index in [1.807, 2.05) is 0 Å². The summed E-state index contributed by atoms with van der Waals surface area (Å²) in [7, 11) is 0. The van der Waals surface area contributed by atoms with Crippen molar-refractivity contribution in [2.45, 2.75) is 52.5 Å². The molecule has 0 aromatic rings. The molecule has 0 radical (unpaired) electrons. The number of nitrogens with two attached hydrogens (primary N) is 1. The molecule has 1 saturated carbocycles. The summed E-state index contributed by atoms with van der Waals surface area (Å²) in [5.41, 5.74) is 6.35. The van der Waals surface area contributed by atoms with Crippen molar-refractivity contribution in [2.24, 2.45) is 23.0 Å². The van der Waals surface area contributed by atoms with Gasteiger partial charge in [0.25, 0.3) is 0 Å². The average molecular weight is 281 g/mol. The molecule has 4 nitrogen and oxygen atoms in total. The monoisotopic (exact) mass is 281 g/mol. The van der Waals surface area contributed by atoms with Crippen molar-refractivity contribution >= 4 is 5.91 Å². The highest BCUT2D eigenvalue weighted by molar-refractivity contribution is 5.78. The molecule has 20 heavy (non-hydrogen) atoms. The zero-order valence-electron chi connectivity index (χ0n) is 13.3. The van der Waals surface area contributed by atoms with Crippen LogP contribution in [-0.4, -0.2) is 43.0 Å². The minimum absolute atomic E-state index is 0.177. The summed E-state index contributed by atoms with van der Waals surface area (Å²) in [6.45, 7) is 10.2. The quantitative estimate of drug-likeness (QED) is 0.808. The van der Waals surface area contributed by atoms with Crippen LogP contribution in [0, 0.1) is 17.3 Å². The van der Waals surface area contributed by atoms with E-state index in [4.69, 9.17) is 5.73 Å². The molecule has 116 valence electrons. The van der Waals surface area contributed by atoms with Gasteiger partial charge in [0.2, 0.25) is 5.91 Å². The van der Waals surface area contributed by atoms with Gasteiger partial charge in [-0.05, 0) is 49.5 Å². The molecule has 2 fully saturated rings. The topological polar surface area (TPSA) is 58.4 Å². The lowest BCUT2D eigenvalue weighted by Crippen LogP contribution is -2.50. The third-order valence-corrected chi connectivity index (χ3v) is 5.24. The van der Waals surface area contributed by atoms with Crippen LogP contribution in [0.25, 0.3) is 0 Å². The predicted octanol–water partition coefficient (Wildman–Crippen LogP) is 1.60. The number of hydrogen-bond donors (Lipinski definition) is 2. The third kappa shape index (κ3) is 3.73. The summed E-state index contributed by atoms with van der Waals surface area (Å²) in [6.07, 6.45) is 4.74. The Kier molecular flexibility index (Phi) is 5.08. The van der Waals surface area contributed by atoms with Gasteiger partial charge in [-0.2, -0.15) is 0 Å². The van der Waals surface area contributed by atoms with Crippen molar-refractivity contribution in [3.05, 3.63) is 0 Å². The molecule has 3 N–H and O–H groups in total. The standard InChI is InChI=1S/C16H31N3O/c1-16(2,3)13-6-5-12(10-17)14(9-13)19-8-4-7-18-15(20)11-19/h12-14H,4-11,17H2,1-3H3,(H,18,20). The fourth-order valence-electron chi connectivity index (χ4n) is 3.83. The van der Waals surface area contributed by atoms with Gasteiger partial charge in [-0.1, -0.05) is 20.8 Å². The summed E-state index contributed by atoms with van der Waals surface area (Å²) < 4.78 is 0. The van der Waals surface area contributed by atoms with Crippen molar-refractivity contribution in [1.29, 1.82) is 0 Å². The molecule has 1 saturated heterocycles. The minimum atomic E-state index is 0.177. The van der Waals surface area contributed by atoms with E-state index in [-0.39, 0.29) is 5.91 Å². The van der Waals surface area contributed by atoms with Crippen LogP contribution in [0.15, 0.2) is 0 Å². The molecule has 0 spiro atoms. The lowest BCUT2D eigenvalue weighted by molar-refractivity contribution is -0.122. The largest absolute Gasteiger partial charge is 0.355 e. The molecule has 2 rings (SSSR count). The second-order valence-corrected chi connectivity index (χ2v) is 7.61. The maximum absolute atomic E-state index is 11.8. The Balaban J connectivity index is 2.09. The molecule has 1 amide bonds. The normalized spacial score (nSPS) is 33.6. The van der Waals surface area contributed by atoms with Crippen LogP contribution in [0.1, 0.15) is 46.5 Å². The lowest BCUT2D eigenvalue weighted by Gasteiger charge is -2.45. The third-order valence-electron chi connectivity index (χ3n) is 5.24. The Labute approximate surface area is 123 Å². The highest BCUT2D eigenvalue weighted by Gasteiger charge is 2.38. The lowest BCUT2D eigenvalue weighted by atomic mass is 9.67. The van der Waals surface area contributed by atoms with Crippen molar-refractivity contribution in [2.75, 3.05) is 26.2 Å². The van der Waals surface area contributed by atoms with Crippen molar-refractivity contribution in [3.63, 3.8) is 0 Å². The highest BCUT2D eigenvalue weighted by atomic mass is 16.2. The molecule has 0 aromatic heterocycles. The maximum atomic E-state index is 11.8. The molecule has 1 aliphatic carbocycles. The number of carbonyl (C=O) groups is 1. The molecule has 2 aliphatic rings. The Morgan fingerprint density at radius 2 is 2.10 bits per heavy atom. The zero-order chi connectivity index (χ0) is 14.8. The van der Waals surface area contributed by atoms with E-state index in [0.29, 0.717) is 23.9 Å². The number of nitrogens with one attached hydrogen (secondary N) is 1. The Morgan fingerprint density at radius 1 is 1.35 bits per heavy atom. The number of hydrogen-bond acceptors (Lipinski definition) is 3. The summed E-state index contributed by atoms with van der Waals surface area (Å²) in [5, 5.41) is 2.98. The first-order valence-corrected chi connectivity index (χ1v) is 8.12. The fourth-order valence-corrected chi connectivity index (χ4v) is 3.83. The van der Waals surface area contributed by atoms with Crippen LogP contribution in [0.2, 0.25) is 0 Å². The molecule has 1 aliphatic heterocycles. The molecule has 3 unspecified atom stereocenters. The first-order valence-electron chi connectivity index (χ1n) is 8.12. The average Bonchev–Trinajstić information content (AvgIpc) is 2.61. The van der Waals surface area contributed by atoms with E-state index >= 15 is 0 Å². The smallest absolute Gasteiger partial charge is 0.234 e. The van der Waals surface area contributed by atoms with Gasteiger partial charge in [0.05, 0.1) is 6.54 Å². The van der Waals surface area contributed by atoms with Gasteiger partial charge in [0.15, 0.2) is 0 Å². The first kappa shape index (κ1) is 15.8. The summed E-state index contributed by atoms with van der Waals surface area (Å²) in [6, 6.07) is 0.488. The SMILES string of the molecule is CC(C)(C)C1CCC(CN)C(N2CCCNC(=O)C2)C1. The summed E-state index contributed by atoms with van der Waals surface area (Å²) in [4.78, 5) is 14.2. The van der Waals surface area contributed by atoms with Crippen LogP contribution in [0.4, 0.5) is 0 Å². The Morgan fingerprint density at radius 3 is 2.75 bits per heavy atom. The number of carbonyl (C=O) groups excluding carboxylic acids is 1. The van der Waals surface area contributed by atoms with Crippen LogP contribution in [-0.2, 0) is 4.79 Å². The van der Waals surface area contributed by atoms with Gasteiger partial charge in [-0.25, -0.2) is 0 Å². The van der Waals surface area contributed by atoms with Gasteiger partial charge in [-0.15, -0.1) is 0 Å². The zero-order valence-corrected chi connectivity index (χ0v) is 13.3. The number of rotatable bonds is 2. The van der Waals surface area contributed by atoms with Gasteiger partial charge < -0.3 is 11.1 Å². The van der Waals surface area contributed by atoms with Gasteiger partial charge in [0, 0.05) is 19.1 Å².